The molecule has 0 atom stereocenters. The summed E-state index contributed by atoms with van der Waals surface area (Å²) in [5.41, 5.74) is -1.96. The third kappa shape index (κ3) is 4.13. The summed E-state index contributed by atoms with van der Waals surface area (Å²) in [4.78, 5) is 2.08. The van der Waals surface area contributed by atoms with Crippen LogP contribution in [-0.4, -0.2) is 0 Å². The van der Waals surface area contributed by atoms with Crippen LogP contribution < -0.4 is 14.5 Å². The van der Waals surface area contributed by atoms with Crippen molar-refractivity contribution in [2.45, 2.75) is 0 Å². The van der Waals surface area contributed by atoms with Gasteiger partial charge in [-0.25, -0.2) is 0 Å². The van der Waals surface area contributed by atoms with E-state index in [0.717, 1.165) is 9.80 Å². The molecule has 1 aliphatic rings. The zero-order valence-corrected chi connectivity index (χ0v) is 22.9. The normalized spacial score (nSPS) is 18.0. The van der Waals surface area contributed by atoms with Gasteiger partial charge in [0.1, 0.15) is 11.5 Å². The van der Waals surface area contributed by atoms with Gasteiger partial charge in [0, 0.05) is 50.4 Å². The molecule has 0 aromatic heterocycles. The first-order valence-corrected chi connectivity index (χ1v) is 13.6. The fraction of sp³-hybridized carbons (Fsp3) is 0. The van der Waals surface area contributed by atoms with Crippen LogP contribution in [0.3, 0.4) is 0 Å². The van der Waals surface area contributed by atoms with Crippen LogP contribution in [-0.2, 0) is 0 Å². The quantitative estimate of drug-likeness (QED) is 0.178. The molecular weight excluding hydrogens is 548 g/mol. The van der Waals surface area contributed by atoms with Crippen molar-refractivity contribution >= 4 is 66.4 Å². The summed E-state index contributed by atoms with van der Waals surface area (Å²) in [5, 5.41) is 2.57. The molecule has 0 saturated heterocycles. The first-order valence-electron chi connectivity index (χ1n) is 23.6. The lowest BCUT2D eigenvalue weighted by molar-refractivity contribution is 0.493. The van der Waals surface area contributed by atoms with E-state index < -0.39 is 144 Å². The highest BCUT2D eigenvalue weighted by atomic mass is 16.5. The zero-order valence-electron chi connectivity index (χ0n) is 42.9. The number of hydrogen-bond acceptors (Lipinski definition) is 3. The second-order valence-electron chi connectivity index (χ2n) is 9.95. The van der Waals surface area contributed by atoms with Crippen LogP contribution >= 0.6 is 0 Å². The van der Waals surface area contributed by atoms with E-state index in [4.69, 9.17) is 32.2 Å². The molecule has 3 heteroatoms. The van der Waals surface area contributed by atoms with E-state index in [1.807, 2.05) is 0 Å². The van der Waals surface area contributed by atoms with Gasteiger partial charge in [0.15, 0.2) is 0 Å². The fourth-order valence-electron chi connectivity index (χ4n) is 5.79. The van der Waals surface area contributed by atoms with Crippen LogP contribution in [0, 0.1) is 0 Å². The maximum atomic E-state index is 8.98. The lowest BCUT2D eigenvalue weighted by Crippen LogP contribution is -2.11. The Labute approximate surface area is 289 Å². The summed E-state index contributed by atoms with van der Waals surface area (Å²) < 4.78 is 179. The Morgan fingerprint density at radius 2 is 0.933 bits per heavy atom. The van der Waals surface area contributed by atoms with E-state index in [0.29, 0.717) is 32.3 Å². The van der Waals surface area contributed by atoms with Crippen LogP contribution in [0.4, 0.5) is 34.1 Å². The molecule has 0 unspecified atom stereocenters. The van der Waals surface area contributed by atoms with Crippen molar-refractivity contribution in [3.05, 3.63) is 169 Å². The maximum absolute atomic E-state index is 8.98. The number of benzene rings is 8. The van der Waals surface area contributed by atoms with Gasteiger partial charge in [-0.15, -0.1) is 0 Å². The monoisotopic (exact) mass is 596 g/mol. The van der Waals surface area contributed by atoms with Crippen LogP contribution in [0.15, 0.2) is 169 Å². The summed E-state index contributed by atoms with van der Waals surface area (Å²) in [6, 6.07) is -1.89. The number of nitrogens with zero attached hydrogens (tertiary/aromatic N) is 2. The second-order valence-corrected chi connectivity index (χ2v) is 9.95. The number of hydrogen-bond donors (Lipinski definition) is 0. The molecule has 0 aliphatic carbocycles. The van der Waals surface area contributed by atoms with E-state index in [1.54, 1.807) is 36.4 Å². The van der Waals surface area contributed by atoms with Crippen LogP contribution in [0.25, 0.3) is 32.3 Å². The van der Waals surface area contributed by atoms with Crippen molar-refractivity contribution in [1.29, 1.82) is 0 Å². The first kappa shape index (κ1) is 12.5. The fourth-order valence-corrected chi connectivity index (χ4v) is 5.79. The highest BCUT2D eigenvalue weighted by molar-refractivity contribution is 6.28. The molecule has 1 aliphatic heterocycles. The summed E-state index contributed by atoms with van der Waals surface area (Å²) >= 11 is 0. The standard InChI is InChI=1S/C42H28N2O/c1-5-14-31(15-6-1)43(32-16-7-2-8-17-32)35-26-29-24-25-30-27-37(44(33-18-9-3-10-19-33)34-20-11-4-12-21-34)36-22-13-23-38-42(36)41(30)40(29)39(28-35)45-38/h1-28H/i1D,2D,3D,4D,5D,6D,7D,8D,9D,10D,11D,12D,14D,15D,16D,17D,18D,19D,20D,21D. The smallest absolute Gasteiger partial charge is 0.138 e. The Kier molecular flexibility index (Phi) is 2.86. The molecule has 45 heavy (non-hydrogen) atoms. The predicted molar refractivity (Wildman–Crippen MR) is 188 cm³/mol. The number of rotatable bonds is 6. The topological polar surface area (TPSA) is 15.7 Å². The minimum Gasteiger partial charge on any atom is -0.456 e. The van der Waals surface area contributed by atoms with Gasteiger partial charge in [0.05, 0.1) is 38.8 Å². The molecule has 0 saturated carbocycles. The van der Waals surface area contributed by atoms with Crippen molar-refractivity contribution < 1.29 is 32.2 Å². The molecule has 9 rings (SSSR count). The van der Waals surface area contributed by atoms with Gasteiger partial charge in [0.25, 0.3) is 0 Å². The van der Waals surface area contributed by atoms with Crippen molar-refractivity contribution in [1.82, 2.24) is 0 Å². The molecule has 0 radical (unpaired) electrons. The van der Waals surface area contributed by atoms with Crippen LogP contribution in [0.1, 0.15) is 27.4 Å². The van der Waals surface area contributed by atoms with Gasteiger partial charge in [-0.2, -0.15) is 0 Å². The molecule has 0 spiro atoms. The third-order valence-electron chi connectivity index (χ3n) is 7.50. The molecule has 8 aromatic rings. The maximum Gasteiger partial charge on any atom is 0.138 e. The Bertz CT molecular complexity index is 3250. The summed E-state index contributed by atoms with van der Waals surface area (Å²) in [6.45, 7) is 0. The van der Waals surface area contributed by atoms with Crippen molar-refractivity contribution in [3.63, 3.8) is 0 Å². The molecule has 0 fully saturated rings. The number of ether oxygens (including phenoxy) is 1. The predicted octanol–water partition coefficient (Wildman–Crippen LogP) is 12.2. The Morgan fingerprint density at radius 1 is 0.422 bits per heavy atom. The third-order valence-corrected chi connectivity index (χ3v) is 7.50. The molecular formula is C42H28N2O. The second kappa shape index (κ2) is 10.3. The highest BCUT2D eigenvalue weighted by Crippen LogP contribution is 2.52. The average Bonchev–Trinajstić information content (AvgIpc) is 3.30. The molecule has 0 amide bonds. The highest BCUT2D eigenvalue weighted by Gasteiger charge is 2.25. The van der Waals surface area contributed by atoms with Gasteiger partial charge in [-0.3, -0.25) is 0 Å². The first-order chi connectivity index (χ1) is 30.6. The molecule has 0 N–H and O–H groups in total. The Hall–Kier alpha value is -6.06. The molecule has 0 bridgehead atoms. The van der Waals surface area contributed by atoms with Crippen molar-refractivity contribution in [2.24, 2.45) is 0 Å². The van der Waals surface area contributed by atoms with Crippen LogP contribution in [0.2, 0.25) is 0 Å². The molecule has 8 aromatic carbocycles. The molecule has 3 nitrogen and oxygen atoms in total. The van der Waals surface area contributed by atoms with Crippen LogP contribution in [0.5, 0.6) is 11.5 Å². The number of para-hydroxylation sites is 4. The summed E-state index contributed by atoms with van der Waals surface area (Å²) in [6.07, 6.45) is 0. The SMILES string of the molecule is [2H]c1c([2H])c([2H])c(N(c2cc3c4c(ccc5cc(N(c6c([2H])c([2H])c([2H])c([2H])c6[2H])c6c([2H])c([2H])c([2H])c([2H])c6[2H])c6cccc(c6c54)O3)c2)c2c([2H])c([2H])c([2H])c([2H])c2[2H])c([2H])c1[2H]. The molecule has 212 valence electrons. The van der Waals surface area contributed by atoms with Gasteiger partial charge >= 0.3 is 0 Å². The minimum atomic E-state index is -0.740. The minimum absolute atomic E-state index is 0.00953. The average molecular weight is 597 g/mol. The van der Waals surface area contributed by atoms with Gasteiger partial charge in [-0.05, 0) is 77.3 Å². The molecule has 1 heterocycles. The lowest BCUT2D eigenvalue weighted by Gasteiger charge is -2.30. The Morgan fingerprint density at radius 3 is 1.49 bits per heavy atom. The van der Waals surface area contributed by atoms with E-state index in [-0.39, 0.29) is 22.9 Å². The van der Waals surface area contributed by atoms with Crippen molar-refractivity contribution in [3.8, 4) is 11.5 Å². The Balaban J connectivity index is 1.39. The summed E-state index contributed by atoms with van der Waals surface area (Å²) in [5.74, 6) is 0.319. The van der Waals surface area contributed by atoms with E-state index in [2.05, 4.69) is 0 Å². The van der Waals surface area contributed by atoms with Crippen molar-refractivity contribution in [2.75, 3.05) is 9.80 Å². The van der Waals surface area contributed by atoms with Gasteiger partial charge < -0.3 is 14.5 Å². The van der Waals surface area contributed by atoms with Gasteiger partial charge in [-0.1, -0.05) is 96.8 Å². The summed E-state index contributed by atoms with van der Waals surface area (Å²) in [7, 11) is 0. The van der Waals surface area contributed by atoms with E-state index in [9.17, 15) is 0 Å². The van der Waals surface area contributed by atoms with E-state index in [1.165, 1.54) is 12.1 Å². The number of anilines is 6. The zero-order chi connectivity index (χ0) is 47.1. The van der Waals surface area contributed by atoms with E-state index >= 15 is 0 Å². The van der Waals surface area contributed by atoms with Gasteiger partial charge in [0.2, 0.25) is 0 Å². The lowest BCUT2D eigenvalue weighted by atomic mass is 9.91. The largest absolute Gasteiger partial charge is 0.456 e.